The molecule has 0 N–H and O–H groups in total. The van der Waals surface area contributed by atoms with Crippen LogP contribution in [0.15, 0.2) is 4.99 Å². The molecule has 1 unspecified atom stereocenters. The molecule has 5 heteroatoms. The van der Waals surface area contributed by atoms with E-state index in [2.05, 4.69) is 4.99 Å². The molecule has 64 valence electrons. The molecule has 0 spiro atoms. The predicted molar refractivity (Wildman–Crippen MR) is 40.0 cm³/mol. The van der Waals surface area contributed by atoms with Crippen molar-refractivity contribution in [1.29, 1.82) is 0 Å². The Morgan fingerprint density at radius 1 is 1.55 bits per heavy atom. The second kappa shape index (κ2) is 3.47. The number of alkyl halides is 3. The van der Waals surface area contributed by atoms with Gasteiger partial charge in [0.1, 0.15) is 0 Å². The molecule has 1 nitrogen and oxygen atoms in total. The maximum absolute atomic E-state index is 11.7. The monoisotopic (exact) mass is 183 g/mol. The van der Waals surface area contributed by atoms with E-state index in [-0.39, 0.29) is 12.5 Å². The maximum Gasteiger partial charge on any atom is 0.389 e. The summed E-state index contributed by atoms with van der Waals surface area (Å²) in [5, 5.41) is 0. The van der Waals surface area contributed by atoms with Crippen molar-refractivity contribution in [3.05, 3.63) is 0 Å². The number of aliphatic imine (C=N–C) groups is 1. The van der Waals surface area contributed by atoms with Crippen molar-refractivity contribution in [2.45, 2.75) is 25.1 Å². The van der Waals surface area contributed by atoms with Crippen LogP contribution < -0.4 is 0 Å². The minimum atomic E-state index is -4.03. The number of rotatable bonds is 2. The first kappa shape index (κ1) is 8.90. The van der Waals surface area contributed by atoms with Crippen molar-refractivity contribution in [3.8, 4) is 0 Å². The van der Waals surface area contributed by atoms with Crippen LogP contribution in [0.5, 0.6) is 0 Å². The van der Waals surface area contributed by atoms with Gasteiger partial charge >= 0.3 is 6.18 Å². The quantitative estimate of drug-likeness (QED) is 0.640. The average Bonchev–Trinajstić information content (AvgIpc) is 2.32. The van der Waals surface area contributed by atoms with Crippen molar-refractivity contribution in [3.63, 3.8) is 0 Å². The highest BCUT2D eigenvalue weighted by atomic mass is 32.2. The van der Waals surface area contributed by atoms with E-state index in [1.54, 1.807) is 5.55 Å². The summed E-state index contributed by atoms with van der Waals surface area (Å²) in [5.74, 6) is 0.704. The molecule has 0 aromatic carbocycles. The van der Waals surface area contributed by atoms with E-state index in [4.69, 9.17) is 0 Å². The lowest BCUT2D eigenvalue weighted by Gasteiger charge is -2.08. The molecule has 11 heavy (non-hydrogen) atoms. The summed E-state index contributed by atoms with van der Waals surface area (Å²) in [6.07, 6.45) is -4.61. The molecule has 1 heterocycles. The predicted octanol–water partition coefficient (Wildman–Crippen LogP) is 2.47. The highest BCUT2D eigenvalue weighted by molar-refractivity contribution is 8.12. The van der Waals surface area contributed by atoms with Crippen LogP contribution in [0.1, 0.15) is 12.8 Å². The van der Waals surface area contributed by atoms with E-state index in [1.165, 1.54) is 11.8 Å². The van der Waals surface area contributed by atoms with Crippen molar-refractivity contribution in [1.82, 2.24) is 0 Å². The molecule has 0 fully saturated rings. The van der Waals surface area contributed by atoms with Crippen molar-refractivity contribution >= 4 is 17.3 Å². The Morgan fingerprint density at radius 2 is 2.27 bits per heavy atom. The van der Waals surface area contributed by atoms with Gasteiger partial charge in [0.25, 0.3) is 0 Å². The van der Waals surface area contributed by atoms with Gasteiger partial charge in [-0.25, -0.2) is 0 Å². The van der Waals surface area contributed by atoms with Crippen LogP contribution in [0.2, 0.25) is 0 Å². The molecular formula is C6H8F3NS. The van der Waals surface area contributed by atoms with Crippen LogP contribution in [0.4, 0.5) is 13.2 Å². The normalized spacial score (nSPS) is 24.5. The van der Waals surface area contributed by atoms with Gasteiger partial charge in [-0.3, -0.25) is 4.99 Å². The Labute approximate surface area is 67.1 Å². The standard InChI is InChI=1S/C6H8F3NS/c7-6(8,9)2-1-5-3-11-4-10-5/h4-5H,1-3H2. The summed E-state index contributed by atoms with van der Waals surface area (Å²) in [6, 6.07) is -0.110. The summed E-state index contributed by atoms with van der Waals surface area (Å²) in [6.45, 7) is 0. The lowest BCUT2D eigenvalue weighted by molar-refractivity contribution is -0.135. The molecule has 0 saturated carbocycles. The van der Waals surface area contributed by atoms with E-state index in [1.807, 2.05) is 0 Å². The lowest BCUT2D eigenvalue weighted by atomic mass is 10.2. The largest absolute Gasteiger partial charge is 0.389 e. The van der Waals surface area contributed by atoms with Crippen molar-refractivity contribution in [2.24, 2.45) is 4.99 Å². The lowest BCUT2D eigenvalue weighted by Crippen LogP contribution is -2.12. The second-order valence-corrected chi connectivity index (χ2v) is 3.27. The van der Waals surface area contributed by atoms with E-state index in [0.717, 1.165) is 0 Å². The second-order valence-electron chi connectivity index (χ2n) is 2.40. The van der Waals surface area contributed by atoms with Crippen LogP contribution in [-0.4, -0.2) is 23.5 Å². The smallest absolute Gasteiger partial charge is 0.282 e. The zero-order chi connectivity index (χ0) is 8.32. The molecule has 0 aromatic heterocycles. The Balaban J connectivity index is 2.17. The van der Waals surface area contributed by atoms with Crippen LogP contribution in [0, 0.1) is 0 Å². The van der Waals surface area contributed by atoms with Gasteiger partial charge < -0.3 is 0 Å². The van der Waals surface area contributed by atoms with Gasteiger partial charge in [0.2, 0.25) is 0 Å². The molecule has 1 rings (SSSR count). The Hall–Kier alpha value is -0.190. The van der Waals surface area contributed by atoms with Gasteiger partial charge in [0.05, 0.1) is 11.6 Å². The van der Waals surface area contributed by atoms with Crippen LogP contribution in [0.25, 0.3) is 0 Å². The zero-order valence-corrected chi connectivity index (χ0v) is 6.58. The molecule has 0 aromatic rings. The molecule has 0 radical (unpaired) electrons. The van der Waals surface area contributed by atoms with E-state index >= 15 is 0 Å². The number of hydrogen-bond acceptors (Lipinski definition) is 2. The minimum absolute atomic E-state index is 0.110. The molecular weight excluding hydrogens is 175 g/mol. The SMILES string of the molecule is FC(F)(F)CCC1CSC=N1. The molecule has 0 aliphatic carbocycles. The summed E-state index contributed by atoms with van der Waals surface area (Å²) in [4.78, 5) is 3.88. The number of hydrogen-bond donors (Lipinski definition) is 0. The molecule has 1 aliphatic rings. The van der Waals surface area contributed by atoms with E-state index in [0.29, 0.717) is 5.75 Å². The Bertz CT molecular complexity index is 154. The van der Waals surface area contributed by atoms with Gasteiger partial charge in [-0.15, -0.1) is 11.8 Å². The van der Waals surface area contributed by atoms with Gasteiger partial charge in [-0.2, -0.15) is 13.2 Å². The number of nitrogens with zero attached hydrogens (tertiary/aromatic N) is 1. The average molecular weight is 183 g/mol. The van der Waals surface area contributed by atoms with Gasteiger partial charge in [0.15, 0.2) is 0 Å². The fourth-order valence-electron chi connectivity index (χ4n) is 0.814. The first-order valence-corrected chi connectivity index (χ1v) is 4.33. The summed E-state index contributed by atoms with van der Waals surface area (Å²) in [7, 11) is 0. The van der Waals surface area contributed by atoms with Crippen LogP contribution in [0.3, 0.4) is 0 Å². The summed E-state index contributed by atoms with van der Waals surface area (Å²) in [5.41, 5.74) is 1.63. The Kier molecular flexibility index (Phi) is 2.81. The van der Waals surface area contributed by atoms with Crippen molar-refractivity contribution in [2.75, 3.05) is 5.75 Å². The summed E-state index contributed by atoms with van der Waals surface area (Å²) < 4.78 is 35.0. The molecule has 0 bridgehead atoms. The first-order valence-electron chi connectivity index (χ1n) is 3.28. The van der Waals surface area contributed by atoms with Crippen LogP contribution in [-0.2, 0) is 0 Å². The summed E-state index contributed by atoms with van der Waals surface area (Å²) >= 11 is 1.47. The van der Waals surface area contributed by atoms with E-state index in [9.17, 15) is 13.2 Å². The zero-order valence-electron chi connectivity index (χ0n) is 5.77. The molecule has 1 aliphatic heterocycles. The molecule has 0 saturated heterocycles. The third-order valence-electron chi connectivity index (χ3n) is 1.40. The van der Waals surface area contributed by atoms with E-state index < -0.39 is 12.6 Å². The highest BCUT2D eigenvalue weighted by Gasteiger charge is 2.28. The van der Waals surface area contributed by atoms with Crippen LogP contribution >= 0.6 is 11.8 Å². The minimum Gasteiger partial charge on any atom is -0.282 e. The number of thioether (sulfide) groups is 1. The molecule has 0 amide bonds. The third-order valence-corrected chi connectivity index (χ3v) is 2.24. The van der Waals surface area contributed by atoms with Gasteiger partial charge in [-0.1, -0.05) is 0 Å². The maximum atomic E-state index is 11.7. The van der Waals surface area contributed by atoms with Gasteiger partial charge in [0, 0.05) is 12.2 Å². The van der Waals surface area contributed by atoms with Gasteiger partial charge in [-0.05, 0) is 6.42 Å². The topological polar surface area (TPSA) is 12.4 Å². The first-order chi connectivity index (χ1) is 5.08. The van der Waals surface area contributed by atoms with Crippen molar-refractivity contribution < 1.29 is 13.2 Å². The fourth-order valence-corrected chi connectivity index (χ4v) is 1.63. The third kappa shape index (κ3) is 3.65. The highest BCUT2D eigenvalue weighted by Crippen LogP contribution is 2.25. The number of halogens is 3. The Morgan fingerprint density at radius 3 is 2.73 bits per heavy atom. The fraction of sp³-hybridized carbons (Fsp3) is 0.833. The molecule has 1 atom stereocenters.